The van der Waals surface area contributed by atoms with Gasteiger partial charge in [-0.2, -0.15) is 4.98 Å². The average molecular weight is 378 g/mol. The molecule has 5 N–H and O–H groups in total. The van der Waals surface area contributed by atoms with Gasteiger partial charge >= 0.3 is 0 Å². The van der Waals surface area contributed by atoms with Gasteiger partial charge in [0.05, 0.1) is 13.2 Å². The van der Waals surface area contributed by atoms with Crippen LogP contribution in [-0.2, 0) is 0 Å². The van der Waals surface area contributed by atoms with Gasteiger partial charge in [-0.3, -0.25) is 0 Å². The average Bonchev–Trinajstić information content (AvgIpc) is 2.55. The highest BCUT2D eigenvalue weighted by Gasteiger charge is 2.07. The second-order valence-corrected chi connectivity index (χ2v) is 6.01. The van der Waals surface area contributed by atoms with Crippen LogP contribution in [0.25, 0.3) is 0 Å². The van der Waals surface area contributed by atoms with Crippen LogP contribution in [0.1, 0.15) is 39.5 Å². The van der Waals surface area contributed by atoms with Crippen LogP contribution >= 0.6 is 24.4 Å². The van der Waals surface area contributed by atoms with Crippen LogP contribution in [0.4, 0.5) is 5.95 Å². The van der Waals surface area contributed by atoms with Crippen LogP contribution < -0.4 is 10.2 Å². The van der Waals surface area contributed by atoms with Crippen molar-refractivity contribution in [2.75, 3.05) is 44.3 Å². The van der Waals surface area contributed by atoms with Crippen molar-refractivity contribution in [1.82, 2.24) is 20.3 Å². The third-order valence-corrected chi connectivity index (χ3v) is 3.49. The summed E-state index contributed by atoms with van der Waals surface area (Å²) in [6.45, 7) is 7.78. The van der Waals surface area contributed by atoms with Crippen molar-refractivity contribution in [3.8, 4) is 0 Å². The predicted molar refractivity (Wildman–Crippen MR) is 104 cm³/mol. The molecule has 0 amide bonds. The summed E-state index contributed by atoms with van der Waals surface area (Å²) in [6, 6.07) is 0. The zero-order chi connectivity index (χ0) is 18.2. The Morgan fingerprint density at radius 2 is 1.54 bits per heavy atom. The van der Waals surface area contributed by atoms with Gasteiger partial charge in [0, 0.05) is 26.2 Å². The number of aromatic nitrogens is 3. The van der Waals surface area contributed by atoms with Crippen LogP contribution in [0, 0.1) is 9.54 Å². The molecule has 1 aromatic rings. The fourth-order valence-corrected chi connectivity index (χ4v) is 2.28. The molecule has 0 saturated heterocycles. The van der Waals surface area contributed by atoms with E-state index < -0.39 is 0 Å². The first-order valence-corrected chi connectivity index (χ1v) is 9.28. The molecule has 1 aromatic heterocycles. The standard InChI is InChI=1S/C11H20N4S2.C4H11NO2/c1-3-5-7-15(8-6-4-2)9-12-10(16)14-11(17)13-9;6-3-1-5-2-4-7/h3-8H2,1-2H3,(H2,12,13,14,16,17);5-7H,1-4H2. The Balaban J connectivity index is 0.000000640. The number of anilines is 1. The lowest BCUT2D eigenvalue weighted by Crippen LogP contribution is -2.27. The van der Waals surface area contributed by atoms with Crippen molar-refractivity contribution in [2.24, 2.45) is 0 Å². The maximum absolute atomic E-state index is 8.15. The third-order valence-electron chi connectivity index (χ3n) is 3.09. The Morgan fingerprint density at radius 3 is 1.96 bits per heavy atom. The number of rotatable bonds is 11. The van der Waals surface area contributed by atoms with E-state index in [0.717, 1.165) is 31.9 Å². The van der Waals surface area contributed by atoms with Crippen molar-refractivity contribution >= 4 is 30.4 Å². The summed E-state index contributed by atoms with van der Waals surface area (Å²) in [5, 5.41) is 19.1. The van der Waals surface area contributed by atoms with Crippen LogP contribution in [0.2, 0.25) is 0 Å². The zero-order valence-electron chi connectivity index (χ0n) is 14.7. The normalized spacial score (nSPS) is 10.2. The molecule has 0 atom stereocenters. The first kappa shape index (κ1) is 23.1. The Morgan fingerprint density at radius 1 is 1.00 bits per heavy atom. The molecule has 1 heterocycles. The smallest absolute Gasteiger partial charge is 0.207 e. The lowest BCUT2D eigenvalue weighted by atomic mass is 10.3. The van der Waals surface area contributed by atoms with Crippen LogP contribution in [0.3, 0.4) is 0 Å². The number of aromatic amines is 2. The third kappa shape index (κ3) is 11.6. The van der Waals surface area contributed by atoms with E-state index in [2.05, 4.69) is 39.0 Å². The highest BCUT2D eigenvalue weighted by Crippen LogP contribution is 2.09. The fraction of sp³-hybridized carbons (Fsp3) is 0.800. The maximum Gasteiger partial charge on any atom is 0.207 e. The number of hydrogen-bond donors (Lipinski definition) is 5. The highest BCUT2D eigenvalue weighted by molar-refractivity contribution is 7.71. The monoisotopic (exact) mass is 377 g/mol. The summed E-state index contributed by atoms with van der Waals surface area (Å²) >= 11 is 10.1. The number of nitrogens with one attached hydrogen (secondary N) is 3. The number of nitrogens with zero attached hydrogens (tertiary/aromatic N) is 2. The molecular formula is C15H31N5O2S2. The second-order valence-electron chi connectivity index (χ2n) is 5.21. The summed E-state index contributed by atoms with van der Waals surface area (Å²) < 4.78 is 0.986. The Kier molecular flexibility index (Phi) is 15.1. The molecule has 9 heteroatoms. The van der Waals surface area contributed by atoms with Crippen LogP contribution in [0.5, 0.6) is 0 Å². The van der Waals surface area contributed by atoms with Gasteiger partial charge in [-0.25, -0.2) is 0 Å². The van der Waals surface area contributed by atoms with Gasteiger partial charge in [0.2, 0.25) is 10.7 Å². The molecule has 140 valence electrons. The molecule has 7 nitrogen and oxygen atoms in total. The molecule has 0 radical (unpaired) electrons. The van der Waals surface area contributed by atoms with E-state index in [4.69, 9.17) is 34.6 Å². The van der Waals surface area contributed by atoms with Gasteiger partial charge in [0.1, 0.15) is 0 Å². The molecule has 0 saturated carbocycles. The van der Waals surface area contributed by atoms with Gasteiger partial charge in [0.25, 0.3) is 0 Å². The van der Waals surface area contributed by atoms with Gasteiger partial charge in [-0.05, 0) is 37.3 Å². The van der Waals surface area contributed by atoms with E-state index in [-0.39, 0.29) is 13.2 Å². The summed E-state index contributed by atoms with van der Waals surface area (Å²) in [7, 11) is 0. The van der Waals surface area contributed by atoms with E-state index in [1.54, 1.807) is 0 Å². The van der Waals surface area contributed by atoms with Crippen molar-refractivity contribution in [3.05, 3.63) is 9.54 Å². The minimum absolute atomic E-state index is 0.139. The molecule has 0 aliphatic carbocycles. The number of aliphatic hydroxyl groups is 2. The first-order chi connectivity index (χ1) is 11.6. The molecule has 0 bridgehead atoms. The molecule has 1 rings (SSSR count). The molecule has 24 heavy (non-hydrogen) atoms. The van der Waals surface area contributed by atoms with Crippen molar-refractivity contribution in [1.29, 1.82) is 0 Å². The van der Waals surface area contributed by atoms with Crippen LogP contribution in [0.15, 0.2) is 0 Å². The van der Waals surface area contributed by atoms with Gasteiger partial charge in [-0.1, -0.05) is 26.7 Å². The van der Waals surface area contributed by atoms with E-state index in [1.165, 1.54) is 12.8 Å². The molecule has 0 unspecified atom stereocenters. The predicted octanol–water partition coefficient (Wildman–Crippen LogP) is 2.16. The molecule has 0 spiro atoms. The lowest BCUT2D eigenvalue weighted by molar-refractivity contribution is 0.266. The van der Waals surface area contributed by atoms with Crippen LogP contribution in [-0.4, -0.2) is 64.6 Å². The van der Waals surface area contributed by atoms with Gasteiger partial charge in [-0.15, -0.1) is 0 Å². The number of unbranched alkanes of at least 4 members (excludes halogenated alkanes) is 2. The molecule has 0 fully saturated rings. The van der Waals surface area contributed by atoms with Crippen molar-refractivity contribution in [2.45, 2.75) is 39.5 Å². The largest absolute Gasteiger partial charge is 0.395 e. The minimum atomic E-state index is 0.139. The topological polar surface area (TPSA) is 100 Å². The fourth-order valence-electron chi connectivity index (χ4n) is 1.84. The van der Waals surface area contributed by atoms with E-state index in [9.17, 15) is 0 Å². The van der Waals surface area contributed by atoms with Gasteiger partial charge < -0.3 is 30.4 Å². The SMILES string of the molecule is CCCCN(CCCC)c1nc(=S)[nH]c(=S)[nH]1.OCCNCCO. The Labute approximate surface area is 154 Å². The highest BCUT2D eigenvalue weighted by atomic mass is 32.1. The number of H-pyrrole nitrogens is 2. The molecule has 0 aliphatic rings. The second kappa shape index (κ2) is 15.6. The van der Waals surface area contributed by atoms with E-state index in [1.807, 2.05) is 0 Å². The summed E-state index contributed by atoms with van der Waals surface area (Å²) in [6.07, 6.45) is 4.64. The molecule has 0 aliphatic heterocycles. The lowest BCUT2D eigenvalue weighted by Gasteiger charge is -2.22. The number of aliphatic hydroxyl groups excluding tert-OH is 2. The van der Waals surface area contributed by atoms with Crippen molar-refractivity contribution < 1.29 is 10.2 Å². The molecule has 0 aromatic carbocycles. The van der Waals surface area contributed by atoms with E-state index in [0.29, 0.717) is 22.6 Å². The first-order valence-electron chi connectivity index (χ1n) is 8.47. The van der Waals surface area contributed by atoms with Crippen molar-refractivity contribution in [3.63, 3.8) is 0 Å². The quantitative estimate of drug-likeness (QED) is 0.298. The Hall–Kier alpha value is -0.870. The Bertz CT molecular complexity index is 481. The minimum Gasteiger partial charge on any atom is -0.395 e. The zero-order valence-corrected chi connectivity index (χ0v) is 16.3. The summed E-state index contributed by atoms with van der Waals surface area (Å²) in [4.78, 5) is 12.4. The summed E-state index contributed by atoms with van der Waals surface area (Å²) in [5.41, 5.74) is 0. The molecular weight excluding hydrogens is 346 g/mol. The van der Waals surface area contributed by atoms with Gasteiger partial charge in [0.15, 0.2) is 4.77 Å². The van der Waals surface area contributed by atoms with E-state index >= 15 is 0 Å². The number of hydrogen-bond acceptors (Lipinski definition) is 7. The maximum atomic E-state index is 8.15. The summed E-state index contributed by atoms with van der Waals surface area (Å²) in [5.74, 6) is 0.792.